The molecule has 64 heavy (non-hydrogen) atoms. The molecule has 0 bridgehead atoms. The quantitative estimate of drug-likeness (QED) is 0.137. The van der Waals surface area contributed by atoms with Gasteiger partial charge in [0.15, 0.2) is 23.1 Å². The van der Waals surface area contributed by atoms with Gasteiger partial charge in [-0.25, -0.2) is 0 Å². The average molecular weight is 885 g/mol. The smallest absolute Gasteiger partial charge is 0.199 e. The number of carbonyl (C=O) groups excluding carboxylic acids is 4. The molecule has 6 heteroatoms. The van der Waals surface area contributed by atoms with E-state index in [0.717, 1.165) is 20.2 Å². The molecular formula is C58H60O4S2. The van der Waals surface area contributed by atoms with Crippen molar-refractivity contribution in [3.8, 4) is 0 Å². The summed E-state index contributed by atoms with van der Waals surface area (Å²) in [6, 6.07) is 27.9. The number of fused-ring (bicyclic) bond motifs is 2. The van der Waals surface area contributed by atoms with E-state index in [-0.39, 0.29) is 58.0 Å². The van der Waals surface area contributed by atoms with Gasteiger partial charge in [-0.15, -0.1) is 22.7 Å². The first-order valence-corrected chi connectivity index (χ1v) is 24.7. The summed E-state index contributed by atoms with van der Waals surface area (Å²) in [7, 11) is 0. The molecule has 8 rings (SSSR count). The molecule has 0 N–H and O–H groups in total. The van der Waals surface area contributed by atoms with Gasteiger partial charge >= 0.3 is 0 Å². The van der Waals surface area contributed by atoms with E-state index in [1.54, 1.807) is 24.3 Å². The van der Waals surface area contributed by atoms with Crippen molar-refractivity contribution in [3.05, 3.63) is 181 Å². The van der Waals surface area contributed by atoms with Crippen molar-refractivity contribution in [2.45, 2.75) is 131 Å². The van der Waals surface area contributed by atoms with Gasteiger partial charge in [0.25, 0.3) is 0 Å². The van der Waals surface area contributed by atoms with Gasteiger partial charge in [0, 0.05) is 40.4 Å². The minimum atomic E-state index is -0.247. The molecule has 0 radical (unpaired) electrons. The van der Waals surface area contributed by atoms with Crippen molar-refractivity contribution in [1.29, 1.82) is 0 Å². The van der Waals surface area contributed by atoms with Crippen LogP contribution < -0.4 is 9.06 Å². The van der Waals surface area contributed by atoms with E-state index in [2.05, 4.69) is 119 Å². The van der Waals surface area contributed by atoms with Crippen LogP contribution in [0.4, 0.5) is 0 Å². The molecule has 4 aromatic carbocycles. The Kier molecular flexibility index (Phi) is 12.4. The SMILES string of the molecule is CC(C)c1cc(C(C)C)c(Cc2cc(=C3C(=O)c4ccccc4C3=O)s/c2=c2/sc(=C3C(=O)c4ccccc4C3=O)cc2Cc2c(C(C)C)cc(C(C)C)cc2C(C)C)c(C(C)C)c1. The molecule has 0 atom stereocenters. The number of hydrogen-bond donors (Lipinski definition) is 0. The zero-order valence-corrected chi connectivity index (χ0v) is 41.0. The molecular weight excluding hydrogens is 825 g/mol. The van der Waals surface area contributed by atoms with Crippen molar-refractivity contribution in [2.24, 2.45) is 0 Å². The maximum absolute atomic E-state index is 14.2. The fourth-order valence-corrected chi connectivity index (χ4v) is 12.3. The normalized spacial score (nSPS) is 14.6. The highest BCUT2D eigenvalue weighted by Gasteiger charge is 2.35. The van der Waals surface area contributed by atoms with E-state index < -0.39 is 0 Å². The number of thiophene rings is 2. The fraction of sp³-hybridized carbons (Fsp3) is 0.345. The van der Waals surface area contributed by atoms with Crippen LogP contribution >= 0.6 is 22.7 Å². The Hall–Kier alpha value is -5.30. The third-order valence-electron chi connectivity index (χ3n) is 13.3. The highest BCUT2D eigenvalue weighted by molar-refractivity contribution is 7.12. The van der Waals surface area contributed by atoms with Gasteiger partial charge in [-0.3, -0.25) is 19.2 Å². The van der Waals surface area contributed by atoms with Crippen molar-refractivity contribution in [3.63, 3.8) is 0 Å². The first-order valence-electron chi connectivity index (χ1n) is 23.1. The van der Waals surface area contributed by atoms with Crippen molar-refractivity contribution < 1.29 is 19.2 Å². The number of ketones is 4. The monoisotopic (exact) mass is 884 g/mol. The first-order chi connectivity index (χ1) is 30.4. The molecule has 0 amide bonds. The van der Waals surface area contributed by atoms with Crippen LogP contribution in [0.3, 0.4) is 0 Å². The second-order valence-corrected chi connectivity index (χ2v) is 21.8. The van der Waals surface area contributed by atoms with E-state index in [0.29, 0.717) is 56.0 Å². The summed E-state index contributed by atoms with van der Waals surface area (Å²) in [4.78, 5) is 56.9. The lowest BCUT2D eigenvalue weighted by atomic mass is 9.82. The summed E-state index contributed by atoms with van der Waals surface area (Å²) in [5.74, 6) is 0.770. The topological polar surface area (TPSA) is 68.3 Å². The summed E-state index contributed by atoms with van der Waals surface area (Å²) in [5, 5.41) is 0. The highest BCUT2D eigenvalue weighted by Crippen LogP contribution is 2.38. The largest absolute Gasteiger partial charge is 0.288 e. The Morgan fingerprint density at radius 3 is 0.875 bits per heavy atom. The van der Waals surface area contributed by atoms with Gasteiger partial charge in [0.1, 0.15) is 0 Å². The van der Waals surface area contributed by atoms with Crippen LogP contribution in [0.1, 0.15) is 216 Å². The second-order valence-electron chi connectivity index (χ2n) is 19.7. The van der Waals surface area contributed by atoms with E-state index in [9.17, 15) is 19.2 Å². The summed E-state index contributed by atoms with van der Waals surface area (Å²) in [6.45, 7) is 27.0. The van der Waals surface area contributed by atoms with Crippen LogP contribution in [0.15, 0.2) is 84.9 Å². The van der Waals surface area contributed by atoms with Gasteiger partial charge in [-0.2, -0.15) is 0 Å². The Morgan fingerprint density at radius 2 is 0.641 bits per heavy atom. The molecule has 2 aromatic heterocycles. The van der Waals surface area contributed by atoms with Crippen molar-refractivity contribution in [2.75, 3.05) is 0 Å². The summed E-state index contributed by atoms with van der Waals surface area (Å²) >= 11 is 2.99. The minimum absolute atomic E-state index is 0.208. The second kappa shape index (κ2) is 17.6. The molecule has 0 fully saturated rings. The van der Waals surface area contributed by atoms with Crippen LogP contribution in [0, 0.1) is 9.06 Å². The Balaban J connectivity index is 1.52. The molecule has 0 spiro atoms. The molecule has 2 heterocycles. The van der Waals surface area contributed by atoms with Crippen LogP contribution in [0.25, 0.3) is 11.1 Å². The Bertz CT molecular complexity index is 2800. The van der Waals surface area contributed by atoms with Gasteiger partial charge in [0.2, 0.25) is 0 Å². The maximum atomic E-state index is 14.2. The van der Waals surface area contributed by atoms with E-state index in [4.69, 9.17) is 0 Å². The lowest BCUT2D eigenvalue weighted by molar-refractivity contribution is 0.101. The third-order valence-corrected chi connectivity index (χ3v) is 15.9. The number of benzene rings is 4. The van der Waals surface area contributed by atoms with Crippen LogP contribution in [0.5, 0.6) is 0 Å². The standard InChI is InChI=1S/C58H60O4S2/c1-29(2)35-21-43(31(5)6)47(44(22-35)32(7)8)25-37-27-49(51-53(59)39-17-13-14-18-40(39)54(51)60)63-57(37)58-38(26-48-45(33(9)10)23-36(30(3)4)24-46(48)34(11)12)28-50(64-58)52-55(61)41-19-15-16-20-42(41)56(52)62/h13-24,27-34H,25-26H2,1-12H3/b58-57+. The molecule has 0 saturated heterocycles. The van der Waals surface area contributed by atoms with Crippen LogP contribution in [-0.2, 0) is 12.8 Å². The predicted octanol–water partition coefficient (Wildman–Crippen LogP) is 13.5. The van der Waals surface area contributed by atoms with E-state index in [1.807, 2.05) is 24.3 Å². The highest BCUT2D eigenvalue weighted by atomic mass is 32.1. The Labute approximate surface area is 386 Å². The molecule has 2 aliphatic rings. The first kappa shape index (κ1) is 45.3. The lowest BCUT2D eigenvalue weighted by Crippen LogP contribution is -2.11. The fourth-order valence-electron chi connectivity index (χ4n) is 9.70. The predicted molar refractivity (Wildman–Crippen MR) is 266 cm³/mol. The van der Waals surface area contributed by atoms with Crippen LogP contribution in [0.2, 0.25) is 0 Å². The van der Waals surface area contributed by atoms with Gasteiger partial charge in [-0.05, 0) is 116 Å². The molecule has 4 nitrogen and oxygen atoms in total. The van der Waals surface area contributed by atoms with Gasteiger partial charge < -0.3 is 0 Å². The van der Waals surface area contributed by atoms with Gasteiger partial charge in [-0.1, -0.05) is 156 Å². The van der Waals surface area contributed by atoms with Crippen LogP contribution in [-0.4, -0.2) is 23.1 Å². The Morgan fingerprint density at radius 1 is 0.375 bits per heavy atom. The van der Waals surface area contributed by atoms with Crippen molar-refractivity contribution in [1.82, 2.24) is 0 Å². The number of carbonyl (C=O) groups is 4. The average Bonchev–Trinajstić information content (AvgIpc) is 3.98. The molecule has 328 valence electrons. The minimum Gasteiger partial charge on any atom is -0.288 e. The number of Topliss-reactive ketones (excluding diaryl/α,β-unsaturated/α-hetero) is 4. The molecule has 0 aliphatic heterocycles. The summed E-state index contributed by atoms with van der Waals surface area (Å²) in [5.41, 5.74) is 14.6. The lowest BCUT2D eigenvalue weighted by Gasteiger charge is -2.23. The zero-order chi connectivity index (χ0) is 46.0. The zero-order valence-electron chi connectivity index (χ0n) is 39.4. The maximum Gasteiger partial charge on any atom is 0.199 e. The molecule has 2 aliphatic carbocycles. The third kappa shape index (κ3) is 7.96. The molecule has 6 aromatic rings. The van der Waals surface area contributed by atoms with E-state index >= 15 is 0 Å². The number of rotatable bonds is 10. The molecule has 0 unspecified atom stereocenters. The van der Waals surface area contributed by atoms with E-state index in [1.165, 1.54) is 67.2 Å². The van der Waals surface area contributed by atoms with Crippen molar-refractivity contribution >= 4 is 57.0 Å². The summed E-state index contributed by atoms with van der Waals surface area (Å²) < 4.78 is 3.23. The summed E-state index contributed by atoms with van der Waals surface area (Å²) in [6.07, 6.45) is 1.19. The number of hydrogen-bond acceptors (Lipinski definition) is 6. The van der Waals surface area contributed by atoms with Gasteiger partial charge in [0.05, 0.1) is 11.1 Å². The molecule has 0 saturated carbocycles.